The van der Waals surface area contributed by atoms with Gasteiger partial charge < -0.3 is 0 Å². The fourth-order valence-electron chi connectivity index (χ4n) is 1.79. The average Bonchev–Trinajstić information content (AvgIpc) is 2.37. The Hall–Kier alpha value is -1.55. The summed E-state index contributed by atoms with van der Waals surface area (Å²) in [6.45, 7) is 0. The van der Waals surface area contributed by atoms with Crippen LogP contribution in [0.3, 0.4) is 0 Å². The monoisotopic (exact) mass is 324 g/mol. The number of ketones is 1. The van der Waals surface area contributed by atoms with Gasteiger partial charge in [0.05, 0.1) is 0 Å². The van der Waals surface area contributed by atoms with E-state index in [1.54, 1.807) is 12.1 Å². The zero-order chi connectivity index (χ0) is 13.8. The first-order valence-corrected chi connectivity index (χ1v) is 6.54. The third-order valence-corrected chi connectivity index (χ3v) is 3.28. The minimum absolute atomic E-state index is 0.162. The van der Waals surface area contributed by atoms with Gasteiger partial charge in [0.1, 0.15) is 17.4 Å². The second kappa shape index (κ2) is 6.06. The lowest BCUT2D eigenvalue weighted by molar-refractivity contribution is -0.117. The maximum absolute atomic E-state index is 13.4. The number of Topliss-reactive ketones (excluding diaryl/α,β-unsaturated/α-hetero) is 1. The summed E-state index contributed by atoms with van der Waals surface area (Å²) in [4.78, 5) is 11.8. The molecule has 0 aromatic heterocycles. The molecular weight excluding hydrogens is 314 g/mol. The average molecular weight is 325 g/mol. The molecule has 0 N–H and O–H groups in total. The van der Waals surface area contributed by atoms with Crippen molar-refractivity contribution in [3.63, 3.8) is 0 Å². The molecular formula is C15H11BrF2O. The van der Waals surface area contributed by atoms with E-state index in [0.29, 0.717) is 0 Å². The van der Waals surface area contributed by atoms with Crippen LogP contribution in [-0.4, -0.2) is 5.78 Å². The number of carbonyl (C=O) groups is 1. The standard InChI is InChI=1S/C15H11BrF2O/c16-11-6-4-10(5-7-11)8-12(19)9-13-14(17)2-1-3-15(13)18/h1-7H,8-9H2. The molecule has 0 radical (unpaired) electrons. The second-order valence-corrected chi connectivity index (χ2v) is 5.13. The van der Waals surface area contributed by atoms with Crippen molar-refractivity contribution in [2.75, 3.05) is 0 Å². The summed E-state index contributed by atoms with van der Waals surface area (Å²) in [6.07, 6.45) is -0.0599. The molecule has 0 aliphatic rings. The van der Waals surface area contributed by atoms with E-state index in [1.807, 2.05) is 12.1 Å². The lowest BCUT2D eigenvalue weighted by atomic mass is 10.0. The van der Waals surface area contributed by atoms with E-state index in [-0.39, 0.29) is 24.2 Å². The molecule has 4 heteroatoms. The molecule has 2 aromatic rings. The number of halogens is 3. The molecule has 0 spiro atoms. The fraction of sp³-hybridized carbons (Fsp3) is 0.133. The molecule has 0 aliphatic heterocycles. The van der Waals surface area contributed by atoms with Gasteiger partial charge in [0, 0.05) is 22.9 Å². The van der Waals surface area contributed by atoms with E-state index in [1.165, 1.54) is 6.07 Å². The molecule has 0 amide bonds. The fourth-order valence-corrected chi connectivity index (χ4v) is 2.06. The minimum atomic E-state index is -0.677. The Bertz CT molecular complexity index is 573. The maximum atomic E-state index is 13.4. The van der Waals surface area contributed by atoms with Crippen molar-refractivity contribution < 1.29 is 13.6 Å². The third-order valence-electron chi connectivity index (χ3n) is 2.75. The molecule has 2 aromatic carbocycles. The zero-order valence-electron chi connectivity index (χ0n) is 10.00. The Kier molecular flexibility index (Phi) is 4.43. The molecule has 19 heavy (non-hydrogen) atoms. The molecule has 0 heterocycles. The van der Waals surface area contributed by atoms with Gasteiger partial charge in [-0.05, 0) is 29.8 Å². The van der Waals surface area contributed by atoms with Crippen molar-refractivity contribution in [3.05, 3.63) is 69.7 Å². The van der Waals surface area contributed by atoms with Gasteiger partial charge in [-0.15, -0.1) is 0 Å². The number of carbonyl (C=O) groups excluding carboxylic acids is 1. The molecule has 0 bridgehead atoms. The first-order valence-electron chi connectivity index (χ1n) is 5.75. The van der Waals surface area contributed by atoms with Crippen molar-refractivity contribution in [1.29, 1.82) is 0 Å². The summed E-state index contributed by atoms with van der Waals surface area (Å²) >= 11 is 3.30. The summed E-state index contributed by atoms with van der Waals surface area (Å²) in [5.41, 5.74) is 0.662. The molecule has 98 valence electrons. The van der Waals surface area contributed by atoms with Crippen molar-refractivity contribution in [2.45, 2.75) is 12.8 Å². The Morgan fingerprint density at radius 2 is 1.53 bits per heavy atom. The smallest absolute Gasteiger partial charge is 0.141 e. The number of benzene rings is 2. The van der Waals surface area contributed by atoms with Crippen molar-refractivity contribution in [1.82, 2.24) is 0 Å². The highest BCUT2D eigenvalue weighted by Gasteiger charge is 2.13. The molecule has 0 saturated heterocycles. The van der Waals surface area contributed by atoms with Crippen LogP contribution >= 0.6 is 15.9 Å². The van der Waals surface area contributed by atoms with Crippen LogP contribution in [0.1, 0.15) is 11.1 Å². The van der Waals surface area contributed by atoms with Crippen LogP contribution < -0.4 is 0 Å². The Balaban J connectivity index is 2.07. The molecule has 0 fully saturated rings. The van der Waals surface area contributed by atoms with Gasteiger partial charge in [-0.1, -0.05) is 34.1 Å². The van der Waals surface area contributed by atoms with E-state index in [4.69, 9.17) is 0 Å². The van der Waals surface area contributed by atoms with Crippen LogP contribution in [0.4, 0.5) is 8.78 Å². The van der Waals surface area contributed by atoms with Crippen molar-refractivity contribution >= 4 is 21.7 Å². The molecule has 2 rings (SSSR count). The summed E-state index contributed by atoms with van der Waals surface area (Å²) < 4.78 is 27.7. The lowest BCUT2D eigenvalue weighted by Crippen LogP contribution is -2.09. The normalized spacial score (nSPS) is 10.5. The highest BCUT2D eigenvalue weighted by molar-refractivity contribution is 9.10. The van der Waals surface area contributed by atoms with Gasteiger partial charge in [0.25, 0.3) is 0 Å². The first-order chi connectivity index (χ1) is 9.06. The van der Waals surface area contributed by atoms with E-state index >= 15 is 0 Å². The summed E-state index contributed by atoms with van der Waals surface area (Å²) in [5, 5.41) is 0. The molecule has 0 unspecified atom stereocenters. The molecule has 0 saturated carbocycles. The van der Waals surface area contributed by atoms with Gasteiger partial charge in [-0.3, -0.25) is 4.79 Å². The van der Waals surface area contributed by atoms with Gasteiger partial charge >= 0.3 is 0 Å². The van der Waals surface area contributed by atoms with Crippen molar-refractivity contribution in [3.8, 4) is 0 Å². The Morgan fingerprint density at radius 1 is 0.947 bits per heavy atom. The van der Waals surface area contributed by atoms with E-state index < -0.39 is 11.6 Å². The van der Waals surface area contributed by atoms with Gasteiger partial charge in [0.2, 0.25) is 0 Å². The maximum Gasteiger partial charge on any atom is 0.141 e. The third kappa shape index (κ3) is 3.70. The van der Waals surface area contributed by atoms with Crippen LogP contribution in [0.2, 0.25) is 0 Å². The molecule has 0 atom stereocenters. The lowest BCUT2D eigenvalue weighted by Gasteiger charge is -2.05. The number of hydrogen-bond acceptors (Lipinski definition) is 1. The van der Waals surface area contributed by atoms with Gasteiger partial charge in [-0.25, -0.2) is 8.78 Å². The summed E-state index contributed by atoms with van der Waals surface area (Å²) in [6, 6.07) is 10.9. The van der Waals surface area contributed by atoms with Crippen LogP contribution in [0.25, 0.3) is 0 Å². The Morgan fingerprint density at radius 3 is 2.11 bits per heavy atom. The van der Waals surface area contributed by atoms with Crippen LogP contribution in [0.15, 0.2) is 46.9 Å². The minimum Gasteiger partial charge on any atom is -0.299 e. The van der Waals surface area contributed by atoms with E-state index in [2.05, 4.69) is 15.9 Å². The molecule has 0 aliphatic carbocycles. The van der Waals surface area contributed by atoms with Crippen molar-refractivity contribution in [2.24, 2.45) is 0 Å². The van der Waals surface area contributed by atoms with Crippen LogP contribution in [0, 0.1) is 11.6 Å². The summed E-state index contributed by atoms with van der Waals surface area (Å²) in [5.74, 6) is -1.57. The predicted molar refractivity (Wildman–Crippen MR) is 72.9 cm³/mol. The topological polar surface area (TPSA) is 17.1 Å². The number of hydrogen-bond donors (Lipinski definition) is 0. The first kappa shape index (κ1) is 13.9. The highest BCUT2D eigenvalue weighted by atomic mass is 79.9. The number of rotatable bonds is 4. The zero-order valence-corrected chi connectivity index (χ0v) is 11.6. The van der Waals surface area contributed by atoms with Crippen LogP contribution in [-0.2, 0) is 17.6 Å². The van der Waals surface area contributed by atoms with Gasteiger partial charge in [-0.2, -0.15) is 0 Å². The largest absolute Gasteiger partial charge is 0.299 e. The van der Waals surface area contributed by atoms with E-state index in [9.17, 15) is 13.6 Å². The quantitative estimate of drug-likeness (QED) is 0.828. The SMILES string of the molecule is O=C(Cc1ccc(Br)cc1)Cc1c(F)cccc1F. The predicted octanol–water partition coefficient (Wildman–Crippen LogP) is 4.08. The van der Waals surface area contributed by atoms with Gasteiger partial charge in [0.15, 0.2) is 0 Å². The summed E-state index contributed by atoms with van der Waals surface area (Å²) in [7, 11) is 0. The molecule has 1 nitrogen and oxygen atoms in total. The van der Waals surface area contributed by atoms with Crippen LogP contribution in [0.5, 0.6) is 0 Å². The van der Waals surface area contributed by atoms with E-state index in [0.717, 1.165) is 22.2 Å². The highest BCUT2D eigenvalue weighted by Crippen LogP contribution is 2.15. The Labute approximate surface area is 118 Å². The second-order valence-electron chi connectivity index (χ2n) is 4.22.